The predicted octanol–water partition coefficient (Wildman–Crippen LogP) is 2.57. The van der Waals surface area contributed by atoms with Crippen LogP contribution in [-0.4, -0.2) is 33.7 Å². The molecule has 0 atom stereocenters. The van der Waals surface area contributed by atoms with Crippen molar-refractivity contribution < 1.29 is 19.4 Å². The minimum absolute atomic E-state index is 0.0768. The molecule has 8 heteroatoms. The van der Waals surface area contributed by atoms with E-state index in [1.54, 1.807) is 11.6 Å². The number of hydrogen-bond donors (Lipinski definition) is 3. The van der Waals surface area contributed by atoms with Crippen molar-refractivity contribution >= 4 is 28.5 Å². The Bertz CT molecular complexity index is 647. The number of carbonyl (C=O) groups is 2. The monoisotopic (exact) mass is 293 g/mol. The fourth-order valence-corrected chi connectivity index (χ4v) is 2.09. The number of H-pyrrole nitrogens is 1. The van der Waals surface area contributed by atoms with Crippen molar-refractivity contribution in [3.63, 3.8) is 0 Å². The number of aromatic carboxylic acids is 1. The second-order valence-corrected chi connectivity index (χ2v) is 4.52. The maximum atomic E-state index is 11.3. The van der Waals surface area contributed by atoms with E-state index < -0.39 is 12.1 Å². The van der Waals surface area contributed by atoms with Crippen LogP contribution in [0, 0.1) is 0 Å². The second-order valence-electron chi connectivity index (χ2n) is 3.66. The quantitative estimate of drug-likeness (QED) is 0.735. The van der Waals surface area contributed by atoms with Crippen molar-refractivity contribution in [2.75, 3.05) is 11.9 Å². The SMILES string of the molecule is C=CCOC(=O)Nc1nc(-c2c[nH]c(C(=O)O)c2)cs1. The predicted molar refractivity (Wildman–Crippen MR) is 74.0 cm³/mol. The van der Waals surface area contributed by atoms with Crippen LogP contribution < -0.4 is 5.32 Å². The number of hydrogen-bond acceptors (Lipinski definition) is 5. The van der Waals surface area contributed by atoms with Crippen LogP contribution in [0.5, 0.6) is 0 Å². The number of thiazole rings is 1. The van der Waals surface area contributed by atoms with Gasteiger partial charge in [0.15, 0.2) is 5.13 Å². The zero-order valence-corrected chi connectivity index (χ0v) is 11.1. The highest BCUT2D eigenvalue weighted by molar-refractivity contribution is 7.14. The maximum absolute atomic E-state index is 11.3. The van der Waals surface area contributed by atoms with Gasteiger partial charge in [-0.25, -0.2) is 14.6 Å². The lowest BCUT2D eigenvalue weighted by molar-refractivity contribution is 0.0691. The largest absolute Gasteiger partial charge is 0.477 e. The van der Waals surface area contributed by atoms with Gasteiger partial charge >= 0.3 is 12.1 Å². The number of aromatic nitrogens is 2. The molecule has 0 spiro atoms. The minimum atomic E-state index is -1.04. The Morgan fingerprint density at radius 3 is 3.05 bits per heavy atom. The molecule has 0 aliphatic carbocycles. The van der Waals surface area contributed by atoms with Crippen LogP contribution in [0.1, 0.15) is 10.5 Å². The van der Waals surface area contributed by atoms with Crippen LogP contribution >= 0.6 is 11.3 Å². The van der Waals surface area contributed by atoms with Gasteiger partial charge in [0.25, 0.3) is 0 Å². The van der Waals surface area contributed by atoms with Gasteiger partial charge in [-0.15, -0.1) is 11.3 Å². The highest BCUT2D eigenvalue weighted by atomic mass is 32.1. The number of anilines is 1. The van der Waals surface area contributed by atoms with Gasteiger partial charge in [-0.05, 0) is 6.07 Å². The lowest BCUT2D eigenvalue weighted by Crippen LogP contribution is -2.13. The number of nitrogens with one attached hydrogen (secondary N) is 2. The number of carboxylic acid groups (broad SMARTS) is 1. The van der Waals surface area contributed by atoms with Crippen molar-refractivity contribution in [3.8, 4) is 11.3 Å². The summed E-state index contributed by atoms with van der Waals surface area (Å²) in [6.45, 7) is 3.55. The molecule has 20 heavy (non-hydrogen) atoms. The molecular weight excluding hydrogens is 282 g/mol. The van der Waals surface area contributed by atoms with Gasteiger partial charge in [0, 0.05) is 17.1 Å². The molecule has 3 N–H and O–H groups in total. The van der Waals surface area contributed by atoms with Crippen LogP contribution in [0.2, 0.25) is 0 Å². The lowest BCUT2D eigenvalue weighted by Gasteiger charge is -2.00. The van der Waals surface area contributed by atoms with Crippen molar-refractivity contribution in [1.29, 1.82) is 0 Å². The summed E-state index contributed by atoms with van der Waals surface area (Å²) in [7, 11) is 0. The van der Waals surface area contributed by atoms with Gasteiger partial charge in [0.2, 0.25) is 0 Å². The summed E-state index contributed by atoms with van der Waals surface area (Å²) in [5.74, 6) is -1.04. The summed E-state index contributed by atoms with van der Waals surface area (Å²) in [5, 5.41) is 13.4. The van der Waals surface area contributed by atoms with Crippen molar-refractivity contribution in [2.24, 2.45) is 0 Å². The molecule has 104 valence electrons. The molecule has 0 aromatic carbocycles. The average Bonchev–Trinajstić information content (AvgIpc) is 3.04. The van der Waals surface area contributed by atoms with Gasteiger partial charge in [0.1, 0.15) is 12.3 Å². The van der Waals surface area contributed by atoms with E-state index in [0.717, 1.165) is 0 Å². The second kappa shape index (κ2) is 6.02. The third-order valence-corrected chi connectivity index (χ3v) is 3.01. The van der Waals surface area contributed by atoms with Gasteiger partial charge in [-0.3, -0.25) is 5.32 Å². The molecule has 7 nitrogen and oxygen atoms in total. The first-order chi connectivity index (χ1) is 9.60. The normalized spacial score (nSPS) is 10.0. The topological polar surface area (TPSA) is 104 Å². The Labute approximate surface area is 117 Å². The Morgan fingerprint density at radius 2 is 2.40 bits per heavy atom. The summed E-state index contributed by atoms with van der Waals surface area (Å²) < 4.78 is 4.76. The van der Waals surface area contributed by atoms with E-state index in [4.69, 9.17) is 9.84 Å². The Hall–Kier alpha value is -2.61. The Balaban J connectivity index is 2.06. The highest BCUT2D eigenvalue weighted by Gasteiger charge is 2.11. The molecule has 1 amide bonds. The first kappa shape index (κ1) is 13.8. The summed E-state index contributed by atoms with van der Waals surface area (Å²) in [5.41, 5.74) is 1.27. The molecule has 0 saturated carbocycles. The maximum Gasteiger partial charge on any atom is 0.413 e. The molecule has 2 rings (SSSR count). The lowest BCUT2D eigenvalue weighted by atomic mass is 10.2. The van der Waals surface area contributed by atoms with Crippen LogP contribution in [-0.2, 0) is 4.74 Å². The van der Waals surface area contributed by atoms with E-state index in [9.17, 15) is 9.59 Å². The molecule has 0 bridgehead atoms. The van der Waals surface area contributed by atoms with Crippen molar-refractivity contribution in [3.05, 3.63) is 36.0 Å². The van der Waals surface area contributed by atoms with Gasteiger partial charge in [0.05, 0.1) is 5.69 Å². The van der Waals surface area contributed by atoms with Gasteiger partial charge < -0.3 is 14.8 Å². The standard InChI is InChI=1S/C12H11N3O4S/c1-2-3-19-12(18)15-11-14-9(6-20-11)7-4-8(10(16)17)13-5-7/h2,4-6,13H,1,3H2,(H,16,17)(H,14,15,18). The molecular formula is C12H11N3O4S. The molecule has 0 fully saturated rings. The molecule has 0 saturated heterocycles. The zero-order valence-electron chi connectivity index (χ0n) is 10.3. The molecule has 0 unspecified atom stereocenters. The Kier molecular flexibility index (Phi) is 4.16. The van der Waals surface area contributed by atoms with E-state index in [-0.39, 0.29) is 12.3 Å². The first-order valence-electron chi connectivity index (χ1n) is 5.52. The Morgan fingerprint density at radius 1 is 1.60 bits per heavy atom. The molecule has 2 aromatic rings. The minimum Gasteiger partial charge on any atom is -0.477 e. The number of amides is 1. The molecule has 2 heterocycles. The number of carbonyl (C=O) groups excluding carboxylic acids is 1. The molecule has 0 aliphatic rings. The highest BCUT2D eigenvalue weighted by Crippen LogP contribution is 2.25. The molecule has 0 aliphatic heterocycles. The number of nitrogens with zero attached hydrogens (tertiary/aromatic N) is 1. The number of rotatable bonds is 5. The fourth-order valence-electron chi connectivity index (χ4n) is 1.39. The summed E-state index contributed by atoms with van der Waals surface area (Å²) in [6, 6.07) is 1.47. The molecule has 2 aromatic heterocycles. The van der Waals surface area contributed by atoms with E-state index in [2.05, 4.69) is 21.9 Å². The van der Waals surface area contributed by atoms with Crippen molar-refractivity contribution in [2.45, 2.75) is 0 Å². The van der Waals surface area contributed by atoms with E-state index >= 15 is 0 Å². The fraction of sp³-hybridized carbons (Fsp3) is 0.0833. The first-order valence-corrected chi connectivity index (χ1v) is 6.40. The number of carboxylic acids is 1. The number of aromatic amines is 1. The third-order valence-electron chi connectivity index (χ3n) is 2.25. The molecule has 0 radical (unpaired) electrons. The van der Waals surface area contributed by atoms with E-state index in [0.29, 0.717) is 16.4 Å². The van der Waals surface area contributed by atoms with Crippen LogP contribution in [0.25, 0.3) is 11.3 Å². The van der Waals surface area contributed by atoms with Crippen LogP contribution in [0.15, 0.2) is 30.3 Å². The van der Waals surface area contributed by atoms with E-state index in [1.807, 2.05) is 0 Å². The summed E-state index contributed by atoms with van der Waals surface area (Å²) in [6.07, 6.45) is 2.38. The smallest absolute Gasteiger partial charge is 0.413 e. The van der Waals surface area contributed by atoms with Crippen LogP contribution in [0.3, 0.4) is 0 Å². The third kappa shape index (κ3) is 3.23. The summed E-state index contributed by atoms with van der Waals surface area (Å²) in [4.78, 5) is 28.9. The zero-order chi connectivity index (χ0) is 14.5. The van der Waals surface area contributed by atoms with Crippen LogP contribution in [0.4, 0.5) is 9.93 Å². The van der Waals surface area contributed by atoms with Crippen molar-refractivity contribution in [1.82, 2.24) is 9.97 Å². The van der Waals surface area contributed by atoms with Gasteiger partial charge in [-0.2, -0.15) is 0 Å². The van der Waals surface area contributed by atoms with E-state index in [1.165, 1.54) is 23.5 Å². The number of ether oxygens (including phenoxy) is 1. The summed E-state index contributed by atoms with van der Waals surface area (Å²) >= 11 is 1.21. The van der Waals surface area contributed by atoms with Gasteiger partial charge in [-0.1, -0.05) is 12.7 Å². The average molecular weight is 293 g/mol.